The molecule has 0 saturated heterocycles. The number of nitrogens with zero attached hydrogens (tertiary/aromatic N) is 5. The number of aromatic nitrogens is 1. The van der Waals surface area contributed by atoms with E-state index in [0.29, 0.717) is 18.4 Å². The number of benzene rings is 1. The molecule has 2 aromatic rings. The van der Waals surface area contributed by atoms with Crippen molar-refractivity contribution in [2.45, 2.75) is 111 Å². The van der Waals surface area contributed by atoms with E-state index in [-0.39, 0.29) is 42.0 Å². The normalized spacial score (nSPS) is 17.6. The second-order valence-electron chi connectivity index (χ2n) is 14.4. The van der Waals surface area contributed by atoms with E-state index in [1.54, 1.807) is 0 Å². The molecule has 2 fully saturated rings. The van der Waals surface area contributed by atoms with Gasteiger partial charge in [0.2, 0.25) is 5.96 Å². The van der Waals surface area contributed by atoms with E-state index >= 15 is 0 Å². The molecule has 1 heterocycles. The number of rotatable bonds is 12. The quantitative estimate of drug-likeness (QED) is 0.0774. The zero-order valence-electron chi connectivity index (χ0n) is 29.0. The van der Waals surface area contributed by atoms with Gasteiger partial charge in [-0.15, -0.1) is 5.10 Å². The van der Waals surface area contributed by atoms with Crippen LogP contribution in [0.25, 0.3) is 0 Å². The van der Waals surface area contributed by atoms with Crippen molar-refractivity contribution in [3.8, 4) is 0 Å². The summed E-state index contributed by atoms with van der Waals surface area (Å²) >= 11 is 0. The molecule has 4 N–H and O–H groups in total. The van der Waals surface area contributed by atoms with E-state index < -0.39 is 23.5 Å². The number of fused-ring (bicyclic) bond motifs is 1. The molecule has 2 saturated carbocycles. The van der Waals surface area contributed by atoms with E-state index in [9.17, 15) is 26.3 Å². The number of halogens is 6. The molecular formula is C35H51F6N7. The lowest BCUT2D eigenvalue weighted by atomic mass is 9.90. The van der Waals surface area contributed by atoms with Crippen molar-refractivity contribution in [1.29, 1.82) is 0 Å². The first-order valence-electron chi connectivity index (χ1n) is 17.1. The number of nitrogens with two attached hydrogens (primary N) is 2. The molecule has 5 rings (SSSR count). The van der Waals surface area contributed by atoms with Crippen molar-refractivity contribution >= 4 is 11.8 Å². The molecule has 0 aliphatic heterocycles. The topological polar surface area (TPSA) is 87.0 Å². The van der Waals surface area contributed by atoms with Crippen LogP contribution in [0, 0.1) is 17.8 Å². The Morgan fingerprint density at radius 3 is 1.94 bits per heavy atom. The summed E-state index contributed by atoms with van der Waals surface area (Å²) in [4.78, 5) is 9.10. The number of hydrogen-bond acceptors (Lipinski definition) is 5. The zero-order valence-corrected chi connectivity index (χ0v) is 29.0. The molecule has 0 unspecified atom stereocenters. The second-order valence-corrected chi connectivity index (χ2v) is 14.4. The Bertz CT molecular complexity index is 1380. The molecule has 3 aliphatic rings. The van der Waals surface area contributed by atoms with E-state index in [2.05, 4.69) is 29.9 Å². The van der Waals surface area contributed by atoms with Gasteiger partial charge in [0.15, 0.2) is 0 Å². The first-order valence-corrected chi connectivity index (χ1v) is 17.1. The van der Waals surface area contributed by atoms with Crippen LogP contribution in [0.15, 0.2) is 29.4 Å². The van der Waals surface area contributed by atoms with Gasteiger partial charge < -0.3 is 15.5 Å². The van der Waals surface area contributed by atoms with Crippen LogP contribution in [0.5, 0.6) is 0 Å². The third-order valence-electron chi connectivity index (χ3n) is 8.96. The lowest BCUT2D eigenvalue weighted by molar-refractivity contribution is -0.143. The predicted molar refractivity (Wildman–Crippen MR) is 178 cm³/mol. The molecule has 3 aliphatic carbocycles. The fraction of sp³-hybridized carbons (Fsp3) is 0.657. The summed E-state index contributed by atoms with van der Waals surface area (Å²) < 4.78 is 82.5. The second kappa shape index (κ2) is 14.7. The lowest BCUT2D eigenvalue weighted by Gasteiger charge is -2.31. The highest BCUT2D eigenvalue weighted by Gasteiger charge is 2.38. The Balaban J connectivity index is 0.00000255. The fourth-order valence-corrected chi connectivity index (χ4v) is 6.16. The Hall–Kier alpha value is -3.22. The fourth-order valence-electron chi connectivity index (χ4n) is 6.16. The molecule has 0 bridgehead atoms. The van der Waals surface area contributed by atoms with Crippen LogP contribution < -0.4 is 16.5 Å². The van der Waals surface area contributed by atoms with Crippen molar-refractivity contribution in [2.75, 3.05) is 24.5 Å². The van der Waals surface area contributed by atoms with Crippen molar-refractivity contribution < 1.29 is 26.3 Å². The Morgan fingerprint density at radius 1 is 0.917 bits per heavy atom. The van der Waals surface area contributed by atoms with Crippen LogP contribution in [0.3, 0.4) is 0 Å². The van der Waals surface area contributed by atoms with Crippen LogP contribution in [-0.2, 0) is 37.3 Å². The smallest absolute Gasteiger partial charge is 0.368 e. The van der Waals surface area contributed by atoms with Gasteiger partial charge in [0.05, 0.1) is 23.4 Å². The molecule has 7 nitrogen and oxygen atoms in total. The number of hydrazine groups is 1. The van der Waals surface area contributed by atoms with E-state index in [0.717, 1.165) is 91.5 Å². The van der Waals surface area contributed by atoms with Crippen LogP contribution in [0.4, 0.5) is 32.2 Å². The third-order valence-corrected chi connectivity index (χ3v) is 8.96. The van der Waals surface area contributed by atoms with Gasteiger partial charge in [-0.3, -0.25) is 0 Å². The Morgan fingerprint density at radius 2 is 1.46 bits per heavy atom. The largest absolute Gasteiger partial charge is 0.416 e. The molecule has 0 radical (unpaired) electrons. The van der Waals surface area contributed by atoms with Crippen LogP contribution in [0.1, 0.15) is 107 Å². The SMILES string of the molecule is CC.CC(C)CN(N)/N=C(\N)N(Cc1cc(C(F)(F)F)cc(C(F)(F)F)c1)Cc1cc2c(nc1N(CC1CC1)CC1CC1)C(C)(C)CC2. The number of alkyl halides is 6. The van der Waals surface area contributed by atoms with Crippen molar-refractivity contribution in [1.82, 2.24) is 15.0 Å². The third kappa shape index (κ3) is 9.92. The van der Waals surface area contributed by atoms with Crippen LogP contribution in [0.2, 0.25) is 0 Å². The van der Waals surface area contributed by atoms with Gasteiger partial charge >= 0.3 is 12.4 Å². The van der Waals surface area contributed by atoms with Gasteiger partial charge in [-0.1, -0.05) is 41.5 Å². The minimum Gasteiger partial charge on any atom is -0.368 e. The number of pyridine rings is 1. The highest BCUT2D eigenvalue weighted by Crippen LogP contribution is 2.42. The first-order chi connectivity index (χ1) is 22.4. The van der Waals surface area contributed by atoms with Gasteiger partial charge in [-0.05, 0) is 91.7 Å². The predicted octanol–water partition coefficient (Wildman–Crippen LogP) is 8.06. The van der Waals surface area contributed by atoms with Gasteiger partial charge in [-0.2, -0.15) is 26.3 Å². The summed E-state index contributed by atoms with van der Waals surface area (Å²) in [6.45, 7) is 14.0. The summed E-state index contributed by atoms with van der Waals surface area (Å²) in [6, 6.07) is 3.70. The Labute approximate surface area is 280 Å². The summed E-state index contributed by atoms with van der Waals surface area (Å²) in [5.41, 5.74) is 6.35. The highest BCUT2D eigenvalue weighted by molar-refractivity contribution is 5.78. The summed E-state index contributed by atoms with van der Waals surface area (Å²) in [5, 5.41) is 5.44. The molecule has 48 heavy (non-hydrogen) atoms. The zero-order chi connectivity index (χ0) is 35.6. The molecule has 1 aromatic heterocycles. The van der Waals surface area contributed by atoms with E-state index in [1.807, 2.05) is 27.7 Å². The van der Waals surface area contributed by atoms with Gasteiger partial charge in [0.1, 0.15) is 5.82 Å². The summed E-state index contributed by atoms with van der Waals surface area (Å²) in [7, 11) is 0. The monoisotopic (exact) mass is 683 g/mol. The number of hydrazone groups is 1. The minimum atomic E-state index is -4.97. The molecule has 0 amide bonds. The average Bonchev–Trinajstić information content (AvgIpc) is 3.92. The maximum absolute atomic E-state index is 13.8. The number of aryl methyl sites for hydroxylation is 1. The summed E-state index contributed by atoms with van der Waals surface area (Å²) in [5.74, 6) is 8.05. The molecule has 268 valence electrons. The minimum absolute atomic E-state index is 0.0737. The summed E-state index contributed by atoms with van der Waals surface area (Å²) in [6.07, 6.45) is -3.58. The van der Waals surface area contributed by atoms with Gasteiger partial charge in [-0.25, -0.2) is 15.9 Å². The first kappa shape index (κ1) is 37.6. The van der Waals surface area contributed by atoms with Crippen LogP contribution >= 0.6 is 0 Å². The van der Waals surface area contributed by atoms with Crippen molar-refractivity contribution in [3.05, 3.63) is 57.8 Å². The van der Waals surface area contributed by atoms with Crippen LogP contribution in [-0.4, -0.2) is 40.6 Å². The molecular weight excluding hydrogens is 632 g/mol. The standard InChI is InChI=1S/C33H45F6N7.C2H6/c1-20(2)15-46(41)43-30(40)45(18-23-11-26(32(34,35)36)14-27(12-23)33(37,38)39)19-25-13-24-9-10-31(3,4)28(24)42-29(25)44(16-21-5-6-21)17-22-7-8-22;1-2/h11-14,20-22H,5-10,15-19,41H2,1-4H3,(H2,40,43);1-2H3. The lowest BCUT2D eigenvalue weighted by Crippen LogP contribution is -2.41. The van der Waals surface area contributed by atoms with E-state index in [1.165, 1.54) is 4.90 Å². The molecule has 0 spiro atoms. The maximum atomic E-state index is 13.8. The van der Waals surface area contributed by atoms with Crippen molar-refractivity contribution in [2.24, 2.45) is 34.4 Å². The molecule has 1 aromatic carbocycles. The maximum Gasteiger partial charge on any atom is 0.416 e. The number of guanidine groups is 1. The van der Waals surface area contributed by atoms with Gasteiger partial charge in [0.25, 0.3) is 0 Å². The number of anilines is 1. The molecule has 13 heteroatoms. The molecule has 0 atom stereocenters. The highest BCUT2D eigenvalue weighted by atomic mass is 19.4. The van der Waals surface area contributed by atoms with Crippen molar-refractivity contribution in [3.63, 3.8) is 0 Å². The Kier molecular flexibility index (Phi) is 11.5. The number of hydrogen-bond donors (Lipinski definition) is 2. The average molecular weight is 684 g/mol. The van der Waals surface area contributed by atoms with Gasteiger partial charge in [0, 0.05) is 37.2 Å². The van der Waals surface area contributed by atoms with E-state index in [4.69, 9.17) is 16.6 Å².